The first kappa shape index (κ1) is 10.6. The van der Waals surface area contributed by atoms with Crippen LogP contribution in [0.4, 0.5) is 5.69 Å². The molecule has 0 aromatic carbocycles. The Balaban J connectivity index is 1.83. The van der Waals surface area contributed by atoms with Crippen LogP contribution in [0.5, 0.6) is 0 Å². The molecule has 3 nitrogen and oxygen atoms in total. The lowest BCUT2D eigenvalue weighted by Crippen LogP contribution is -2.04. The van der Waals surface area contributed by atoms with E-state index in [0.717, 1.165) is 28.1 Å². The van der Waals surface area contributed by atoms with Crippen molar-refractivity contribution in [1.29, 1.82) is 0 Å². The fourth-order valence-electron chi connectivity index (χ4n) is 1.20. The maximum absolute atomic E-state index is 4.22. The molecular formula is C10H10BrN3S. The lowest BCUT2D eigenvalue weighted by molar-refractivity contribution is 0.995. The molecule has 0 aliphatic heterocycles. The van der Waals surface area contributed by atoms with Gasteiger partial charge in [0, 0.05) is 35.2 Å². The molecule has 0 amide bonds. The Morgan fingerprint density at radius 3 is 3.07 bits per heavy atom. The zero-order chi connectivity index (χ0) is 10.5. The van der Waals surface area contributed by atoms with Gasteiger partial charge in [0.15, 0.2) is 0 Å². The third kappa shape index (κ3) is 3.28. The Labute approximate surface area is 101 Å². The van der Waals surface area contributed by atoms with E-state index in [0.29, 0.717) is 0 Å². The molecule has 5 heteroatoms. The van der Waals surface area contributed by atoms with Gasteiger partial charge >= 0.3 is 0 Å². The predicted octanol–water partition coefficient (Wildman–Crippen LogP) is 2.96. The maximum atomic E-state index is 4.22. The van der Waals surface area contributed by atoms with Gasteiger partial charge in [-0.1, -0.05) is 0 Å². The summed E-state index contributed by atoms with van der Waals surface area (Å²) in [6, 6.07) is 2.01. The Morgan fingerprint density at radius 2 is 2.33 bits per heavy atom. The van der Waals surface area contributed by atoms with Crippen molar-refractivity contribution in [2.45, 2.75) is 6.42 Å². The number of thiazole rings is 1. The zero-order valence-corrected chi connectivity index (χ0v) is 10.4. The normalized spacial score (nSPS) is 10.2. The predicted molar refractivity (Wildman–Crippen MR) is 66.2 cm³/mol. The minimum absolute atomic E-state index is 0.881. The molecule has 0 fully saturated rings. The topological polar surface area (TPSA) is 37.8 Å². The van der Waals surface area contributed by atoms with E-state index in [4.69, 9.17) is 0 Å². The molecule has 2 heterocycles. The van der Waals surface area contributed by atoms with Gasteiger partial charge in [0.2, 0.25) is 0 Å². The quantitative estimate of drug-likeness (QED) is 0.938. The fourth-order valence-corrected chi connectivity index (χ4v) is 2.18. The number of halogens is 1. The fraction of sp³-hybridized carbons (Fsp3) is 0.200. The molecule has 2 aromatic heterocycles. The van der Waals surface area contributed by atoms with Gasteiger partial charge in [-0.3, -0.25) is 4.98 Å². The average molecular weight is 284 g/mol. The number of hydrogen-bond donors (Lipinski definition) is 1. The molecule has 78 valence electrons. The van der Waals surface area contributed by atoms with Crippen LogP contribution in [0.2, 0.25) is 0 Å². The Morgan fingerprint density at radius 1 is 1.40 bits per heavy atom. The molecule has 0 bridgehead atoms. The molecule has 0 unspecified atom stereocenters. The van der Waals surface area contributed by atoms with E-state index >= 15 is 0 Å². The Hall–Kier alpha value is -0.940. The Kier molecular flexibility index (Phi) is 3.69. The highest BCUT2D eigenvalue weighted by molar-refractivity contribution is 9.10. The van der Waals surface area contributed by atoms with E-state index in [1.54, 1.807) is 17.5 Å². The minimum Gasteiger partial charge on any atom is -0.383 e. The molecule has 2 rings (SSSR count). The number of aromatic nitrogens is 2. The molecule has 1 N–H and O–H groups in total. The minimum atomic E-state index is 0.881. The van der Waals surface area contributed by atoms with E-state index in [2.05, 4.69) is 31.2 Å². The number of nitrogens with one attached hydrogen (secondary N) is 1. The van der Waals surface area contributed by atoms with Crippen LogP contribution >= 0.6 is 27.3 Å². The molecule has 15 heavy (non-hydrogen) atoms. The number of anilines is 1. The number of pyridine rings is 1. The van der Waals surface area contributed by atoms with E-state index in [9.17, 15) is 0 Å². The van der Waals surface area contributed by atoms with E-state index in [-0.39, 0.29) is 0 Å². The van der Waals surface area contributed by atoms with Crippen LogP contribution in [-0.2, 0) is 6.42 Å². The van der Waals surface area contributed by atoms with E-state index < -0.39 is 0 Å². The molecule has 0 aliphatic carbocycles. The van der Waals surface area contributed by atoms with Gasteiger partial charge in [0.25, 0.3) is 0 Å². The van der Waals surface area contributed by atoms with Crippen molar-refractivity contribution in [3.05, 3.63) is 39.5 Å². The summed E-state index contributed by atoms with van der Waals surface area (Å²) in [6.07, 6.45) is 6.36. The highest BCUT2D eigenvalue weighted by atomic mass is 79.9. The maximum Gasteiger partial charge on any atom is 0.0942 e. The van der Waals surface area contributed by atoms with Crippen LogP contribution in [0.25, 0.3) is 0 Å². The SMILES string of the molecule is Brc1cncc(NCCc2nccs2)c1. The van der Waals surface area contributed by atoms with Crippen LogP contribution in [0.3, 0.4) is 0 Å². The van der Waals surface area contributed by atoms with Gasteiger partial charge in [-0.15, -0.1) is 11.3 Å². The summed E-state index contributed by atoms with van der Waals surface area (Å²) in [7, 11) is 0. The van der Waals surface area contributed by atoms with Crippen LogP contribution < -0.4 is 5.32 Å². The number of hydrogen-bond acceptors (Lipinski definition) is 4. The third-order valence-corrected chi connectivity index (χ3v) is 3.13. The molecular weight excluding hydrogens is 274 g/mol. The summed E-state index contributed by atoms with van der Waals surface area (Å²) < 4.78 is 0.988. The van der Waals surface area contributed by atoms with Crippen molar-refractivity contribution in [3.8, 4) is 0 Å². The summed E-state index contributed by atoms with van der Waals surface area (Å²) in [4.78, 5) is 8.30. The first-order valence-electron chi connectivity index (χ1n) is 4.57. The zero-order valence-electron chi connectivity index (χ0n) is 7.98. The van der Waals surface area contributed by atoms with Gasteiger partial charge in [0.1, 0.15) is 0 Å². The number of nitrogens with zero attached hydrogens (tertiary/aromatic N) is 2. The summed E-state index contributed by atoms with van der Waals surface area (Å²) in [5, 5.41) is 6.45. The highest BCUT2D eigenvalue weighted by Gasteiger charge is 1.96. The second kappa shape index (κ2) is 5.23. The van der Waals surface area contributed by atoms with Gasteiger partial charge in [-0.05, 0) is 22.0 Å². The summed E-state index contributed by atoms with van der Waals surface area (Å²) >= 11 is 5.07. The Bertz CT molecular complexity index is 416. The highest BCUT2D eigenvalue weighted by Crippen LogP contribution is 2.13. The molecule has 0 aliphatic rings. The first-order chi connectivity index (χ1) is 7.34. The average Bonchev–Trinajstić information content (AvgIpc) is 2.71. The van der Waals surface area contributed by atoms with Crippen molar-refractivity contribution in [2.24, 2.45) is 0 Å². The van der Waals surface area contributed by atoms with Gasteiger partial charge in [0.05, 0.1) is 16.9 Å². The second-order valence-corrected chi connectivity index (χ2v) is 4.89. The van der Waals surface area contributed by atoms with Gasteiger partial charge in [-0.2, -0.15) is 0 Å². The summed E-state index contributed by atoms with van der Waals surface area (Å²) in [5.41, 5.74) is 1.03. The lowest BCUT2D eigenvalue weighted by Gasteiger charge is -2.04. The van der Waals surface area contributed by atoms with Crippen molar-refractivity contribution in [3.63, 3.8) is 0 Å². The molecule has 0 atom stereocenters. The van der Waals surface area contributed by atoms with Crippen molar-refractivity contribution >= 4 is 33.0 Å². The van der Waals surface area contributed by atoms with E-state index in [1.165, 1.54) is 0 Å². The van der Waals surface area contributed by atoms with Gasteiger partial charge < -0.3 is 5.32 Å². The first-order valence-corrected chi connectivity index (χ1v) is 6.24. The van der Waals surface area contributed by atoms with Crippen LogP contribution in [-0.4, -0.2) is 16.5 Å². The standard InChI is InChI=1S/C10H10BrN3S/c11-8-5-9(7-12-6-8)13-2-1-10-14-3-4-15-10/h3-7,13H,1-2H2. The van der Waals surface area contributed by atoms with E-state index in [1.807, 2.05) is 23.8 Å². The van der Waals surface area contributed by atoms with Crippen LogP contribution in [0.15, 0.2) is 34.5 Å². The van der Waals surface area contributed by atoms with Crippen molar-refractivity contribution in [2.75, 3.05) is 11.9 Å². The molecule has 0 saturated heterocycles. The van der Waals surface area contributed by atoms with Gasteiger partial charge in [-0.25, -0.2) is 4.98 Å². The molecule has 0 spiro atoms. The second-order valence-electron chi connectivity index (χ2n) is 2.99. The summed E-state index contributed by atoms with van der Waals surface area (Å²) in [5.74, 6) is 0. The van der Waals surface area contributed by atoms with Crippen molar-refractivity contribution in [1.82, 2.24) is 9.97 Å². The monoisotopic (exact) mass is 283 g/mol. The van der Waals surface area contributed by atoms with Crippen LogP contribution in [0.1, 0.15) is 5.01 Å². The molecule has 2 aromatic rings. The smallest absolute Gasteiger partial charge is 0.0942 e. The lowest BCUT2D eigenvalue weighted by atomic mass is 10.4. The summed E-state index contributed by atoms with van der Waals surface area (Å²) in [6.45, 7) is 0.881. The number of rotatable bonds is 4. The van der Waals surface area contributed by atoms with Crippen LogP contribution in [0, 0.1) is 0 Å². The third-order valence-electron chi connectivity index (χ3n) is 1.86. The molecule has 0 radical (unpaired) electrons. The van der Waals surface area contributed by atoms with Crippen molar-refractivity contribution < 1.29 is 0 Å². The molecule has 0 saturated carbocycles. The largest absolute Gasteiger partial charge is 0.383 e.